The van der Waals surface area contributed by atoms with Crippen LogP contribution >= 0.6 is 0 Å². The lowest BCUT2D eigenvalue weighted by Gasteiger charge is -2.14. The molecule has 2 rings (SSSR count). The zero-order valence-electron chi connectivity index (χ0n) is 14.9. The summed E-state index contributed by atoms with van der Waals surface area (Å²) >= 11 is 0. The SMILES string of the molecule is CON=C(CCc1ccccc1COc1c(C)cccc1C)C(N)=O. The number of nitrogens with two attached hydrogens (primary N) is 1. The first kappa shape index (κ1) is 18.5. The number of oxime groups is 1. The number of carbonyl (C=O) groups is 1. The Morgan fingerprint density at radius 1 is 1.04 bits per heavy atom. The Morgan fingerprint density at radius 3 is 2.28 bits per heavy atom. The van der Waals surface area contributed by atoms with Crippen molar-refractivity contribution in [3.05, 3.63) is 64.7 Å². The fourth-order valence-corrected chi connectivity index (χ4v) is 2.70. The van der Waals surface area contributed by atoms with Crippen molar-refractivity contribution < 1.29 is 14.4 Å². The first-order valence-electron chi connectivity index (χ1n) is 8.18. The maximum absolute atomic E-state index is 11.4. The van der Waals surface area contributed by atoms with E-state index >= 15 is 0 Å². The van der Waals surface area contributed by atoms with E-state index in [0.29, 0.717) is 19.4 Å². The molecule has 5 nitrogen and oxygen atoms in total. The molecule has 0 aliphatic carbocycles. The minimum absolute atomic E-state index is 0.230. The van der Waals surface area contributed by atoms with Crippen LogP contribution in [-0.4, -0.2) is 18.7 Å². The quantitative estimate of drug-likeness (QED) is 0.592. The van der Waals surface area contributed by atoms with Crippen molar-refractivity contribution in [2.24, 2.45) is 10.9 Å². The van der Waals surface area contributed by atoms with E-state index in [1.807, 2.05) is 56.3 Å². The van der Waals surface area contributed by atoms with Gasteiger partial charge in [0.2, 0.25) is 0 Å². The number of ether oxygens (including phenoxy) is 1. The number of rotatable bonds is 8. The number of benzene rings is 2. The van der Waals surface area contributed by atoms with Gasteiger partial charge in [-0.05, 0) is 42.5 Å². The number of amides is 1. The highest BCUT2D eigenvalue weighted by Gasteiger charge is 2.11. The normalized spacial score (nSPS) is 11.2. The van der Waals surface area contributed by atoms with Crippen LogP contribution in [0.3, 0.4) is 0 Å². The van der Waals surface area contributed by atoms with Gasteiger partial charge in [-0.15, -0.1) is 0 Å². The molecule has 2 aromatic carbocycles. The van der Waals surface area contributed by atoms with E-state index in [1.165, 1.54) is 7.11 Å². The predicted octanol–water partition coefficient (Wildman–Crippen LogP) is 3.30. The summed E-state index contributed by atoms with van der Waals surface area (Å²) in [6, 6.07) is 14.1. The van der Waals surface area contributed by atoms with Crippen LogP contribution in [0.15, 0.2) is 47.6 Å². The smallest absolute Gasteiger partial charge is 0.266 e. The van der Waals surface area contributed by atoms with Crippen molar-refractivity contribution in [3.8, 4) is 5.75 Å². The van der Waals surface area contributed by atoms with Crippen LogP contribution in [0.1, 0.15) is 28.7 Å². The van der Waals surface area contributed by atoms with Gasteiger partial charge in [-0.1, -0.05) is 47.6 Å². The van der Waals surface area contributed by atoms with Gasteiger partial charge in [-0.3, -0.25) is 4.79 Å². The molecular formula is C20H24N2O3. The molecule has 1 amide bonds. The van der Waals surface area contributed by atoms with E-state index in [2.05, 4.69) is 9.99 Å². The number of hydrogen-bond donors (Lipinski definition) is 1. The first-order valence-corrected chi connectivity index (χ1v) is 8.18. The molecule has 0 saturated heterocycles. The fourth-order valence-electron chi connectivity index (χ4n) is 2.70. The van der Waals surface area contributed by atoms with Crippen LogP contribution < -0.4 is 10.5 Å². The average molecular weight is 340 g/mol. The molecule has 5 heteroatoms. The molecule has 0 atom stereocenters. The lowest BCUT2D eigenvalue weighted by Crippen LogP contribution is -2.24. The summed E-state index contributed by atoms with van der Waals surface area (Å²) in [6.45, 7) is 4.54. The average Bonchev–Trinajstić information content (AvgIpc) is 2.59. The standard InChI is InChI=1S/C20H24N2O3/c1-14-7-6-8-15(2)19(14)25-13-17-10-5-4-9-16(17)11-12-18(20(21)23)22-24-3/h4-10H,11-13H2,1-3H3,(H2,21,23). The van der Waals surface area contributed by atoms with E-state index in [4.69, 9.17) is 10.5 Å². The highest BCUT2D eigenvalue weighted by molar-refractivity contribution is 6.38. The van der Waals surface area contributed by atoms with Crippen molar-refractivity contribution in [1.29, 1.82) is 0 Å². The number of para-hydroxylation sites is 1. The van der Waals surface area contributed by atoms with Crippen LogP contribution in [0.4, 0.5) is 0 Å². The molecule has 0 aliphatic rings. The maximum atomic E-state index is 11.4. The highest BCUT2D eigenvalue weighted by Crippen LogP contribution is 2.24. The van der Waals surface area contributed by atoms with Crippen LogP contribution in [0.2, 0.25) is 0 Å². The molecule has 0 bridgehead atoms. The van der Waals surface area contributed by atoms with Crippen molar-refractivity contribution in [2.45, 2.75) is 33.3 Å². The number of nitrogens with zero attached hydrogens (tertiary/aromatic N) is 1. The van der Waals surface area contributed by atoms with Gasteiger partial charge in [0.25, 0.3) is 5.91 Å². The molecule has 2 aromatic rings. The zero-order chi connectivity index (χ0) is 18.2. The van der Waals surface area contributed by atoms with E-state index in [-0.39, 0.29) is 5.71 Å². The second-order valence-electron chi connectivity index (χ2n) is 5.86. The van der Waals surface area contributed by atoms with Crippen molar-refractivity contribution in [1.82, 2.24) is 0 Å². The van der Waals surface area contributed by atoms with Gasteiger partial charge in [0.1, 0.15) is 25.2 Å². The van der Waals surface area contributed by atoms with Crippen molar-refractivity contribution >= 4 is 11.6 Å². The van der Waals surface area contributed by atoms with Crippen molar-refractivity contribution in [2.75, 3.05) is 7.11 Å². The topological polar surface area (TPSA) is 73.9 Å². The Hall–Kier alpha value is -2.82. The van der Waals surface area contributed by atoms with Crippen LogP contribution in [-0.2, 0) is 22.7 Å². The summed E-state index contributed by atoms with van der Waals surface area (Å²) in [5.41, 5.74) is 9.94. The summed E-state index contributed by atoms with van der Waals surface area (Å²) in [7, 11) is 1.40. The Labute approximate surface area is 148 Å². The minimum Gasteiger partial charge on any atom is -0.488 e. The van der Waals surface area contributed by atoms with E-state index in [0.717, 1.165) is 28.0 Å². The number of hydrogen-bond acceptors (Lipinski definition) is 4. The summed E-state index contributed by atoms with van der Waals surface area (Å²) in [6.07, 6.45) is 1.06. The van der Waals surface area contributed by atoms with E-state index in [1.54, 1.807) is 0 Å². The van der Waals surface area contributed by atoms with Gasteiger partial charge in [0.15, 0.2) is 0 Å². The van der Waals surface area contributed by atoms with Gasteiger partial charge < -0.3 is 15.3 Å². The molecule has 0 aliphatic heterocycles. The molecular weight excluding hydrogens is 316 g/mol. The van der Waals surface area contributed by atoms with E-state index in [9.17, 15) is 4.79 Å². The molecule has 0 saturated carbocycles. The Morgan fingerprint density at radius 2 is 1.68 bits per heavy atom. The summed E-state index contributed by atoms with van der Waals surface area (Å²) < 4.78 is 6.05. The second-order valence-corrected chi connectivity index (χ2v) is 5.86. The number of aryl methyl sites for hydroxylation is 3. The molecule has 0 fully saturated rings. The number of primary amides is 1. The molecule has 2 N–H and O–H groups in total. The Bertz CT molecular complexity index is 749. The van der Waals surface area contributed by atoms with Gasteiger partial charge >= 0.3 is 0 Å². The third-order valence-electron chi connectivity index (χ3n) is 4.02. The minimum atomic E-state index is -0.564. The third-order valence-corrected chi connectivity index (χ3v) is 4.02. The monoisotopic (exact) mass is 340 g/mol. The fraction of sp³-hybridized carbons (Fsp3) is 0.300. The second kappa shape index (κ2) is 8.87. The van der Waals surface area contributed by atoms with Crippen LogP contribution in [0, 0.1) is 13.8 Å². The van der Waals surface area contributed by atoms with Crippen molar-refractivity contribution in [3.63, 3.8) is 0 Å². The molecule has 0 heterocycles. The molecule has 0 aromatic heterocycles. The van der Waals surface area contributed by atoms with Gasteiger partial charge in [-0.2, -0.15) is 0 Å². The predicted molar refractivity (Wildman–Crippen MR) is 98.6 cm³/mol. The maximum Gasteiger partial charge on any atom is 0.266 e. The molecule has 0 spiro atoms. The van der Waals surface area contributed by atoms with Crippen LogP contribution in [0.5, 0.6) is 5.75 Å². The summed E-state index contributed by atoms with van der Waals surface area (Å²) in [5, 5.41) is 3.70. The Balaban J connectivity index is 2.10. The van der Waals surface area contributed by atoms with Crippen LogP contribution in [0.25, 0.3) is 0 Å². The van der Waals surface area contributed by atoms with E-state index < -0.39 is 5.91 Å². The lowest BCUT2D eigenvalue weighted by atomic mass is 10.0. The largest absolute Gasteiger partial charge is 0.488 e. The zero-order valence-corrected chi connectivity index (χ0v) is 14.9. The Kier molecular flexibility index (Phi) is 6.57. The molecule has 25 heavy (non-hydrogen) atoms. The highest BCUT2D eigenvalue weighted by atomic mass is 16.6. The first-order chi connectivity index (χ1) is 12.0. The number of carbonyl (C=O) groups excluding carboxylic acids is 1. The lowest BCUT2D eigenvalue weighted by molar-refractivity contribution is -0.112. The molecule has 0 radical (unpaired) electrons. The summed E-state index contributed by atoms with van der Waals surface area (Å²) in [4.78, 5) is 16.0. The van der Waals surface area contributed by atoms with Gasteiger partial charge in [-0.25, -0.2) is 0 Å². The van der Waals surface area contributed by atoms with Gasteiger partial charge in [0, 0.05) is 6.42 Å². The third kappa shape index (κ3) is 5.08. The molecule has 0 unspecified atom stereocenters. The summed E-state index contributed by atoms with van der Waals surface area (Å²) in [5.74, 6) is 0.349. The van der Waals surface area contributed by atoms with Gasteiger partial charge in [0.05, 0.1) is 0 Å². The molecule has 132 valence electrons.